The summed E-state index contributed by atoms with van der Waals surface area (Å²) in [6.07, 6.45) is 1.59. The minimum atomic E-state index is -0.110. The first kappa shape index (κ1) is 22.4. The predicted octanol–water partition coefficient (Wildman–Crippen LogP) is 3.69. The van der Waals surface area contributed by atoms with Crippen LogP contribution in [0.1, 0.15) is 33.6 Å². The SMILES string of the molecule is O=C1CCCN1Cc1ccc(CNC(=O)N2CCN(C(=O)c3cc4ccccc4s3)CC2)cc1. The molecule has 0 bridgehead atoms. The summed E-state index contributed by atoms with van der Waals surface area (Å²) in [4.78, 5) is 43.6. The van der Waals surface area contributed by atoms with Crippen molar-refractivity contribution < 1.29 is 14.4 Å². The summed E-state index contributed by atoms with van der Waals surface area (Å²) in [5.41, 5.74) is 2.12. The van der Waals surface area contributed by atoms with Crippen molar-refractivity contribution >= 4 is 39.3 Å². The number of fused-ring (bicyclic) bond motifs is 1. The highest BCUT2D eigenvalue weighted by atomic mass is 32.1. The normalized spacial score (nSPS) is 16.4. The molecule has 1 aromatic heterocycles. The fourth-order valence-corrected chi connectivity index (χ4v) is 5.53. The number of nitrogens with zero attached hydrogens (tertiary/aromatic N) is 3. The topological polar surface area (TPSA) is 73.0 Å². The molecule has 7 nitrogen and oxygen atoms in total. The highest BCUT2D eigenvalue weighted by molar-refractivity contribution is 7.20. The molecule has 34 heavy (non-hydrogen) atoms. The van der Waals surface area contributed by atoms with Gasteiger partial charge < -0.3 is 20.0 Å². The quantitative estimate of drug-likeness (QED) is 0.611. The Morgan fingerprint density at radius 1 is 0.882 bits per heavy atom. The van der Waals surface area contributed by atoms with E-state index in [0.717, 1.165) is 39.1 Å². The van der Waals surface area contributed by atoms with Crippen LogP contribution in [0.3, 0.4) is 0 Å². The van der Waals surface area contributed by atoms with Crippen LogP contribution in [0.4, 0.5) is 4.79 Å². The Kier molecular flexibility index (Phi) is 6.49. The smallest absolute Gasteiger partial charge is 0.317 e. The fraction of sp³-hybridized carbons (Fsp3) is 0.346. The van der Waals surface area contributed by atoms with E-state index in [9.17, 15) is 14.4 Å². The van der Waals surface area contributed by atoms with E-state index in [1.807, 2.05) is 64.4 Å². The number of urea groups is 1. The lowest BCUT2D eigenvalue weighted by Crippen LogP contribution is -2.53. The zero-order valence-corrected chi connectivity index (χ0v) is 19.9. The number of hydrogen-bond donors (Lipinski definition) is 1. The van der Waals surface area contributed by atoms with E-state index in [1.165, 1.54) is 11.3 Å². The van der Waals surface area contributed by atoms with E-state index in [0.29, 0.717) is 45.7 Å². The van der Waals surface area contributed by atoms with Crippen molar-refractivity contribution in [2.45, 2.75) is 25.9 Å². The first-order chi connectivity index (χ1) is 16.6. The minimum Gasteiger partial charge on any atom is -0.338 e. The van der Waals surface area contributed by atoms with E-state index >= 15 is 0 Å². The Bertz CT molecular complexity index is 1170. The van der Waals surface area contributed by atoms with E-state index in [-0.39, 0.29) is 17.8 Å². The van der Waals surface area contributed by atoms with Gasteiger partial charge in [-0.25, -0.2) is 4.79 Å². The molecule has 4 amide bonds. The van der Waals surface area contributed by atoms with Crippen LogP contribution < -0.4 is 5.32 Å². The summed E-state index contributed by atoms with van der Waals surface area (Å²) in [6.45, 7) is 4.03. The van der Waals surface area contributed by atoms with Crippen molar-refractivity contribution in [3.8, 4) is 0 Å². The van der Waals surface area contributed by atoms with E-state index in [2.05, 4.69) is 5.32 Å². The lowest BCUT2D eigenvalue weighted by molar-refractivity contribution is -0.128. The number of benzene rings is 2. The average molecular weight is 477 g/mol. The van der Waals surface area contributed by atoms with Crippen molar-refractivity contribution in [2.24, 2.45) is 0 Å². The Balaban J connectivity index is 1.08. The van der Waals surface area contributed by atoms with Crippen molar-refractivity contribution in [3.05, 3.63) is 70.6 Å². The second-order valence-corrected chi connectivity index (χ2v) is 9.91. The van der Waals surface area contributed by atoms with Crippen LogP contribution in [0.25, 0.3) is 10.1 Å². The molecule has 0 spiro atoms. The molecule has 3 aromatic rings. The van der Waals surface area contributed by atoms with E-state index in [1.54, 1.807) is 4.90 Å². The predicted molar refractivity (Wildman–Crippen MR) is 133 cm³/mol. The Morgan fingerprint density at radius 3 is 2.29 bits per heavy atom. The number of amides is 4. The molecule has 2 fully saturated rings. The number of nitrogens with one attached hydrogen (secondary N) is 1. The van der Waals surface area contributed by atoms with Gasteiger partial charge in [0.05, 0.1) is 4.88 Å². The van der Waals surface area contributed by atoms with Crippen LogP contribution in [0.5, 0.6) is 0 Å². The molecule has 2 saturated heterocycles. The molecular formula is C26H28N4O3S. The monoisotopic (exact) mass is 476 g/mol. The minimum absolute atomic E-state index is 0.0389. The highest BCUT2D eigenvalue weighted by Gasteiger charge is 2.26. The summed E-state index contributed by atoms with van der Waals surface area (Å²) in [5, 5.41) is 4.07. The average Bonchev–Trinajstić information content (AvgIpc) is 3.49. The number of rotatable bonds is 5. The number of likely N-dealkylation sites (tertiary alicyclic amines) is 1. The highest BCUT2D eigenvalue weighted by Crippen LogP contribution is 2.26. The van der Waals surface area contributed by atoms with Gasteiger partial charge in [0.15, 0.2) is 0 Å². The van der Waals surface area contributed by atoms with Gasteiger partial charge in [-0.1, -0.05) is 42.5 Å². The number of thiophene rings is 1. The van der Waals surface area contributed by atoms with Crippen LogP contribution in [0.2, 0.25) is 0 Å². The van der Waals surface area contributed by atoms with Gasteiger partial charge in [-0.05, 0) is 35.1 Å². The second kappa shape index (κ2) is 9.85. The molecule has 5 rings (SSSR count). The van der Waals surface area contributed by atoms with Crippen molar-refractivity contribution in [2.75, 3.05) is 32.7 Å². The summed E-state index contributed by atoms with van der Waals surface area (Å²) in [6, 6.07) is 17.9. The first-order valence-corrected chi connectivity index (χ1v) is 12.5. The molecule has 3 heterocycles. The van der Waals surface area contributed by atoms with Crippen LogP contribution in [-0.4, -0.2) is 65.3 Å². The van der Waals surface area contributed by atoms with E-state index in [4.69, 9.17) is 0 Å². The van der Waals surface area contributed by atoms with E-state index < -0.39 is 0 Å². The second-order valence-electron chi connectivity index (χ2n) is 8.82. The largest absolute Gasteiger partial charge is 0.338 e. The van der Waals surface area contributed by atoms with Gasteiger partial charge in [-0.2, -0.15) is 0 Å². The maximum atomic E-state index is 12.9. The van der Waals surface area contributed by atoms with Crippen molar-refractivity contribution in [1.82, 2.24) is 20.0 Å². The Hall–Kier alpha value is -3.39. The number of hydrogen-bond acceptors (Lipinski definition) is 4. The van der Waals surface area contributed by atoms with Crippen LogP contribution >= 0.6 is 11.3 Å². The molecule has 0 radical (unpaired) electrons. The zero-order valence-electron chi connectivity index (χ0n) is 19.0. The van der Waals surface area contributed by atoms with Crippen LogP contribution in [0.15, 0.2) is 54.6 Å². The maximum absolute atomic E-state index is 12.9. The molecule has 0 saturated carbocycles. The molecule has 2 aromatic carbocycles. The summed E-state index contributed by atoms with van der Waals surface area (Å²) < 4.78 is 1.11. The van der Waals surface area contributed by atoms with Crippen LogP contribution in [0, 0.1) is 0 Å². The molecule has 2 aliphatic heterocycles. The molecule has 176 valence electrons. The summed E-state index contributed by atoms with van der Waals surface area (Å²) in [7, 11) is 0. The van der Waals surface area contributed by atoms with Gasteiger partial charge in [0, 0.05) is 56.9 Å². The number of piperazine rings is 1. The molecule has 8 heteroatoms. The molecule has 0 unspecified atom stereocenters. The van der Waals surface area contributed by atoms with Gasteiger partial charge in [0.2, 0.25) is 5.91 Å². The lowest BCUT2D eigenvalue weighted by atomic mass is 10.1. The third-order valence-corrected chi connectivity index (χ3v) is 7.61. The zero-order chi connectivity index (χ0) is 23.5. The van der Waals surface area contributed by atoms with Gasteiger partial charge in [-0.3, -0.25) is 9.59 Å². The number of carbonyl (C=O) groups is 3. The van der Waals surface area contributed by atoms with Gasteiger partial charge in [0.1, 0.15) is 0 Å². The van der Waals surface area contributed by atoms with Crippen molar-refractivity contribution in [1.29, 1.82) is 0 Å². The maximum Gasteiger partial charge on any atom is 0.317 e. The number of carbonyl (C=O) groups excluding carboxylic acids is 3. The Morgan fingerprint density at radius 2 is 1.59 bits per heavy atom. The van der Waals surface area contributed by atoms with Gasteiger partial charge in [-0.15, -0.1) is 11.3 Å². The molecular weight excluding hydrogens is 448 g/mol. The lowest BCUT2D eigenvalue weighted by Gasteiger charge is -2.34. The summed E-state index contributed by atoms with van der Waals surface area (Å²) in [5.74, 6) is 0.263. The van der Waals surface area contributed by atoms with Crippen LogP contribution in [-0.2, 0) is 17.9 Å². The molecule has 0 atom stereocenters. The standard InChI is InChI=1S/C26H28N4O3S/c31-24-6-3-11-30(24)18-20-9-7-19(8-10-20)17-27-26(33)29-14-12-28(13-15-29)25(32)23-16-21-4-1-2-5-22(21)34-23/h1-2,4-5,7-10,16H,3,6,11-15,17-18H2,(H,27,33). The molecule has 1 N–H and O–H groups in total. The van der Waals surface area contributed by atoms with Gasteiger partial charge >= 0.3 is 6.03 Å². The molecule has 2 aliphatic rings. The van der Waals surface area contributed by atoms with Crippen molar-refractivity contribution in [3.63, 3.8) is 0 Å². The third-order valence-electron chi connectivity index (χ3n) is 6.50. The van der Waals surface area contributed by atoms with Gasteiger partial charge in [0.25, 0.3) is 5.91 Å². The Labute approximate surface area is 202 Å². The third kappa shape index (κ3) is 4.92. The molecule has 0 aliphatic carbocycles. The summed E-state index contributed by atoms with van der Waals surface area (Å²) >= 11 is 1.52. The first-order valence-electron chi connectivity index (χ1n) is 11.7. The fourth-order valence-electron chi connectivity index (χ4n) is 4.50.